The highest BCUT2D eigenvalue weighted by Gasteiger charge is 2.33. The first kappa shape index (κ1) is 11.2. The molecule has 0 fully saturated rings. The van der Waals surface area contributed by atoms with Crippen molar-refractivity contribution in [3.05, 3.63) is 24.0 Å². The van der Waals surface area contributed by atoms with Crippen LogP contribution >= 0.6 is 11.8 Å². The molecule has 0 N–H and O–H groups in total. The summed E-state index contributed by atoms with van der Waals surface area (Å²) in [6.45, 7) is 0. The van der Waals surface area contributed by atoms with Gasteiger partial charge >= 0.3 is 6.36 Å². The maximum Gasteiger partial charge on any atom is 0.573 e. The molecule has 14 heavy (non-hydrogen) atoms. The van der Waals surface area contributed by atoms with Crippen molar-refractivity contribution in [2.24, 2.45) is 0 Å². The second-order valence-electron chi connectivity index (χ2n) is 2.32. The van der Waals surface area contributed by atoms with Crippen molar-refractivity contribution < 1.29 is 22.3 Å². The first-order chi connectivity index (χ1) is 6.44. The van der Waals surface area contributed by atoms with E-state index in [1.54, 1.807) is 0 Å². The van der Waals surface area contributed by atoms with Crippen molar-refractivity contribution in [3.63, 3.8) is 0 Å². The summed E-state index contributed by atoms with van der Waals surface area (Å²) in [6.07, 6.45) is -3.33. The Morgan fingerprint density at radius 1 is 1.29 bits per heavy atom. The molecule has 1 nitrogen and oxygen atoms in total. The lowest BCUT2D eigenvalue weighted by molar-refractivity contribution is -0.276. The Balaban J connectivity index is 3.05. The van der Waals surface area contributed by atoms with Gasteiger partial charge in [0, 0.05) is 0 Å². The van der Waals surface area contributed by atoms with Crippen LogP contribution < -0.4 is 4.74 Å². The maximum atomic E-state index is 12.9. The van der Waals surface area contributed by atoms with Crippen LogP contribution in [-0.4, -0.2) is 12.6 Å². The molecule has 78 valence electrons. The first-order valence-corrected chi connectivity index (χ1v) is 4.75. The molecule has 0 aliphatic carbocycles. The zero-order chi connectivity index (χ0) is 10.8. The topological polar surface area (TPSA) is 9.23 Å². The molecule has 0 spiro atoms. The molecule has 0 heterocycles. The Hall–Kier alpha value is -0.910. The van der Waals surface area contributed by atoms with Crippen LogP contribution in [0.2, 0.25) is 0 Å². The van der Waals surface area contributed by atoms with E-state index in [4.69, 9.17) is 0 Å². The van der Waals surface area contributed by atoms with Crippen LogP contribution in [-0.2, 0) is 0 Å². The van der Waals surface area contributed by atoms with Crippen LogP contribution in [0, 0.1) is 5.82 Å². The summed E-state index contributed by atoms with van der Waals surface area (Å²) in [4.78, 5) is 0.113. The lowest BCUT2D eigenvalue weighted by Crippen LogP contribution is -2.18. The van der Waals surface area contributed by atoms with E-state index in [0.717, 1.165) is 17.8 Å². The molecule has 1 aromatic carbocycles. The molecule has 0 amide bonds. The summed E-state index contributed by atoms with van der Waals surface area (Å²) in [7, 11) is 0. The van der Waals surface area contributed by atoms with E-state index in [0.29, 0.717) is 0 Å². The van der Waals surface area contributed by atoms with Gasteiger partial charge in [0.05, 0.1) is 4.90 Å². The molecule has 0 radical (unpaired) electrons. The Kier molecular flexibility index (Phi) is 3.25. The maximum absolute atomic E-state index is 12.9. The van der Waals surface area contributed by atoms with Gasteiger partial charge in [-0.25, -0.2) is 4.39 Å². The van der Waals surface area contributed by atoms with Crippen molar-refractivity contribution in [3.8, 4) is 5.75 Å². The highest BCUT2D eigenvalue weighted by Crippen LogP contribution is 2.34. The number of rotatable bonds is 2. The van der Waals surface area contributed by atoms with E-state index < -0.39 is 17.9 Å². The molecule has 6 heteroatoms. The molecular formula is C8H6F4OS. The van der Waals surface area contributed by atoms with Gasteiger partial charge in [0.25, 0.3) is 0 Å². The fraction of sp³-hybridized carbons (Fsp3) is 0.250. The highest BCUT2D eigenvalue weighted by molar-refractivity contribution is 7.98. The summed E-state index contributed by atoms with van der Waals surface area (Å²) in [5.74, 6) is -1.79. The van der Waals surface area contributed by atoms with Crippen LogP contribution in [0.1, 0.15) is 0 Å². The largest absolute Gasteiger partial charge is 0.573 e. The summed E-state index contributed by atoms with van der Waals surface area (Å²) in [5, 5.41) is 0. The van der Waals surface area contributed by atoms with Gasteiger partial charge in [-0.2, -0.15) is 0 Å². The number of hydrogen-bond donors (Lipinski definition) is 0. The van der Waals surface area contributed by atoms with Crippen LogP contribution in [0.25, 0.3) is 0 Å². The van der Waals surface area contributed by atoms with Gasteiger partial charge in [-0.3, -0.25) is 0 Å². The smallest absolute Gasteiger partial charge is 0.401 e. The molecule has 0 atom stereocenters. The van der Waals surface area contributed by atoms with Gasteiger partial charge in [0.2, 0.25) is 0 Å². The lowest BCUT2D eigenvalue weighted by Gasteiger charge is -2.12. The second kappa shape index (κ2) is 4.08. The molecule has 0 aliphatic heterocycles. The van der Waals surface area contributed by atoms with Crippen molar-refractivity contribution in [2.45, 2.75) is 11.3 Å². The van der Waals surface area contributed by atoms with Gasteiger partial charge < -0.3 is 4.74 Å². The molecule has 1 aromatic rings. The number of alkyl halides is 3. The van der Waals surface area contributed by atoms with E-state index >= 15 is 0 Å². The van der Waals surface area contributed by atoms with Crippen LogP contribution in [0.5, 0.6) is 5.75 Å². The number of para-hydroxylation sites is 1. The molecule has 0 aliphatic rings. The predicted octanol–water partition coefficient (Wildman–Crippen LogP) is 3.45. The SMILES string of the molecule is CSc1cccc(F)c1OC(F)(F)F. The molecule has 0 aromatic heterocycles. The van der Waals surface area contributed by atoms with Crippen LogP contribution in [0.4, 0.5) is 17.6 Å². The Bertz CT molecular complexity index is 324. The van der Waals surface area contributed by atoms with E-state index in [2.05, 4.69) is 4.74 Å². The molecule has 0 saturated heterocycles. The number of halogens is 4. The minimum Gasteiger partial charge on any atom is -0.401 e. The van der Waals surface area contributed by atoms with Crippen molar-refractivity contribution in [2.75, 3.05) is 6.26 Å². The van der Waals surface area contributed by atoms with Gasteiger partial charge in [0.15, 0.2) is 11.6 Å². The Morgan fingerprint density at radius 2 is 1.93 bits per heavy atom. The highest BCUT2D eigenvalue weighted by atomic mass is 32.2. The minimum absolute atomic E-state index is 0.113. The number of benzene rings is 1. The zero-order valence-electron chi connectivity index (χ0n) is 7.06. The third-order valence-corrected chi connectivity index (χ3v) is 2.13. The quantitative estimate of drug-likeness (QED) is 0.564. The monoisotopic (exact) mass is 226 g/mol. The summed E-state index contributed by atoms with van der Waals surface area (Å²) in [5.41, 5.74) is 0. The van der Waals surface area contributed by atoms with E-state index in [9.17, 15) is 17.6 Å². The van der Waals surface area contributed by atoms with Gasteiger partial charge in [-0.1, -0.05) is 6.07 Å². The second-order valence-corrected chi connectivity index (χ2v) is 3.17. The third-order valence-electron chi connectivity index (χ3n) is 1.37. The molecule has 0 saturated carbocycles. The van der Waals surface area contributed by atoms with E-state index in [-0.39, 0.29) is 4.90 Å². The summed E-state index contributed by atoms with van der Waals surface area (Å²) < 4.78 is 52.0. The standard InChI is InChI=1S/C8H6F4OS/c1-14-6-4-2-3-5(9)7(6)13-8(10,11)12/h2-4H,1H3. The fourth-order valence-electron chi connectivity index (χ4n) is 0.865. The minimum atomic E-state index is -4.87. The molecule has 0 bridgehead atoms. The van der Waals surface area contributed by atoms with Crippen molar-refractivity contribution in [1.29, 1.82) is 0 Å². The molecule has 1 rings (SSSR count). The zero-order valence-corrected chi connectivity index (χ0v) is 7.88. The first-order valence-electron chi connectivity index (χ1n) is 3.52. The normalized spacial score (nSPS) is 11.5. The molecular weight excluding hydrogens is 220 g/mol. The van der Waals surface area contributed by atoms with Crippen molar-refractivity contribution in [1.82, 2.24) is 0 Å². The number of hydrogen-bond acceptors (Lipinski definition) is 2. The summed E-state index contributed by atoms with van der Waals surface area (Å²) in [6, 6.07) is 3.60. The van der Waals surface area contributed by atoms with Gasteiger partial charge in [-0.15, -0.1) is 24.9 Å². The summed E-state index contributed by atoms with van der Waals surface area (Å²) >= 11 is 0.985. The Labute approximate surface area is 82.1 Å². The average Bonchev–Trinajstić information content (AvgIpc) is 2.06. The van der Waals surface area contributed by atoms with Gasteiger partial charge in [0.1, 0.15) is 0 Å². The van der Waals surface area contributed by atoms with E-state index in [1.165, 1.54) is 18.4 Å². The van der Waals surface area contributed by atoms with Crippen LogP contribution in [0.3, 0.4) is 0 Å². The number of thioether (sulfide) groups is 1. The van der Waals surface area contributed by atoms with Crippen molar-refractivity contribution >= 4 is 11.8 Å². The average molecular weight is 226 g/mol. The Morgan fingerprint density at radius 3 is 2.43 bits per heavy atom. The fourth-order valence-corrected chi connectivity index (χ4v) is 1.40. The predicted molar refractivity (Wildman–Crippen MR) is 44.9 cm³/mol. The third kappa shape index (κ3) is 2.80. The number of ether oxygens (including phenoxy) is 1. The van der Waals surface area contributed by atoms with E-state index in [1.807, 2.05) is 0 Å². The molecule has 0 unspecified atom stereocenters. The van der Waals surface area contributed by atoms with Crippen LogP contribution in [0.15, 0.2) is 23.1 Å². The van der Waals surface area contributed by atoms with Gasteiger partial charge in [-0.05, 0) is 18.4 Å². The lowest BCUT2D eigenvalue weighted by atomic mass is 10.3.